The lowest BCUT2D eigenvalue weighted by molar-refractivity contribution is 0.447. The third kappa shape index (κ3) is 3.18. The van der Waals surface area contributed by atoms with Crippen LogP contribution in [0, 0.1) is 17.5 Å². The lowest BCUT2D eigenvalue weighted by Crippen LogP contribution is -2.06. The van der Waals surface area contributed by atoms with Gasteiger partial charge < -0.3 is 5.32 Å². The summed E-state index contributed by atoms with van der Waals surface area (Å²) in [6.45, 7) is 4.43. The molecule has 1 heterocycles. The monoisotopic (exact) mass is 359 g/mol. The Hall–Kier alpha value is -1.63. The summed E-state index contributed by atoms with van der Waals surface area (Å²) in [6, 6.07) is 1.77. The van der Waals surface area contributed by atoms with Gasteiger partial charge in [0.15, 0.2) is 23.3 Å². The lowest BCUT2D eigenvalue weighted by atomic mass is 10.2. The topological polar surface area (TPSA) is 37.8 Å². The standard InChI is InChI=1S/C14H13BrF3N3/c1-3-10-11(15)14(19-4-2)21-13(20-10)7-5-8(16)12(18)9(17)6-7/h5-6H,3-4H2,1-2H3,(H,19,20,21). The number of halogens is 4. The second kappa shape index (κ2) is 6.43. The van der Waals surface area contributed by atoms with E-state index in [2.05, 4.69) is 31.2 Å². The van der Waals surface area contributed by atoms with Gasteiger partial charge >= 0.3 is 0 Å². The molecule has 0 fully saturated rings. The highest BCUT2D eigenvalue weighted by Gasteiger charge is 2.16. The normalized spacial score (nSPS) is 10.8. The first-order valence-corrected chi connectivity index (χ1v) is 7.22. The zero-order valence-corrected chi connectivity index (χ0v) is 13.1. The van der Waals surface area contributed by atoms with Crippen molar-refractivity contribution in [1.29, 1.82) is 0 Å². The van der Waals surface area contributed by atoms with Crippen LogP contribution in [-0.2, 0) is 6.42 Å². The Bertz CT molecular complexity index is 654. The molecule has 0 saturated heterocycles. The second-order valence-electron chi connectivity index (χ2n) is 4.29. The highest BCUT2D eigenvalue weighted by atomic mass is 79.9. The van der Waals surface area contributed by atoms with Gasteiger partial charge in [0.1, 0.15) is 5.82 Å². The van der Waals surface area contributed by atoms with E-state index in [0.717, 1.165) is 12.1 Å². The van der Waals surface area contributed by atoms with Crippen LogP contribution in [0.25, 0.3) is 11.4 Å². The molecule has 1 aromatic heterocycles. The third-order valence-electron chi connectivity index (χ3n) is 2.84. The average Bonchev–Trinajstić information content (AvgIpc) is 2.46. The first-order valence-electron chi connectivity index (χ1n) is 6.43. The molecule has 0 unspecified atom stereocenters. The van der Waals surface area contributed by atoms with Crippen LogP contribution in [0.5, 0.6) is 0 Å². The fourth-order valence-electron chi connectivity index (χ4n) is 1.83. The molecule has 0 aliphatic heterocycles. The van der Waals surface area contributed by atoms with Gasteiger partial charge in [-0.05, 0) is 41.4 Å². The zero-order chi connectivity index (χ0) is 15.6. The van der Waals surface area contributed by atoms with Gasteiger partial charge in [0.05, 0.1) is 10.2 Å². The number of nitrogens with one attached hydrogen (secondary N) is 1. The van der Waals surface area contributed by atoms with Crippen LogP contribution in [0.15, 0.2) is 16.6 Å². The van der Waals surface area contributed by atoms with E-state index < -0.39 is 17.5 Å². The maximum atomic E-state index is 13.3. The number of benzene rings is 1. The molecule has 0 radical (unpaired) electrons. The molecule has 2 aromatic rings. The van der Waals surface area contributed by atoms with Crippen molar-refractivity contribution < 1.29 is 13.2 Å². The Morgan fingerprint density at radius 2 is 1.71 bits per heavy atom. The Morgan fingerprint density at radius 1 is 1.10 bits per heavy atom. The first kappa shape index (κ1) is 15.8. The van der Waals surface area contributed by atoms with Crippen LogP contribution in [-0.4, -0.2) is 16.5 Å². The van der Waals surface area contributed by atoms with Crippen molar-refractivity contribution in [1.82, 2.24) is 9.97 Å². The predicted molar refractivity (Wildman–Crippen MR) is 78.6 cm³/mol. The van der Waals surface area contributed by atoms with E-state index in [9.17, 15) is 13.2 Å². The van der Waals surface area contributed by atoms with E-state index in [-0.39, 0.29) is 11.4 Å². The molecule has 112 valence electrons. The van der Waals surface area contributed by atoms with E-state index >= 15 is 0 Å². The first-order chi connectivity index (χ1) is 9.97. The smallest absolute Gasteiger partial charge is 0.194 e. The molecule has 1 N–H and O–H groups in total. The number of hydrogen-bond donors (Lipinski definition) is 1. The molecule has 0 aliphatic carbocycles. The zero-order valence-electron chi connectivity index (χ0n) is 11.5. The molecule has 3 nitrogen and oxygen atoms in total. The molecule has 0 bridgehead atoms. The summed E-state index contributed by atoms with van der Waals surface area (Å²) >= 11 is 3.39. The Morgan fingerprint density at radius 3 is 2.24 bits per heavy atom. The van der Waals surface area contributed by atoms with Gasteiger partial charge in [0.2, 0.25) is 0 Å². The molecule has 0 spiro atoms. The number of rotatable bonds is 4. The van der Waals surface area contributed by atoms with E-state index in [1.807, 2.05) is 13.8 Å². The van der Waals surface area contributed by atoms with Crippen molar-refractivity contribution in [3.8, 4) is 11.4 Å². The number of anilines is 1. The van der Waals surface area contributed by atoms with Crippen LogP contribution in [0.4, 0.5) is 19.0 Å². The number of aromatic nitrogens is 2. The highest BCUT2D eigenvalue weighted by molar-refractivity contribution is 9.10. The van der Waals surface area contributed by atoms with Crippen molar-refractivity contribution in [2.45, 2.75) is 20.3 Å². The molecule has 0 saturated carbocycles. The summed E-state index contributed by atoms with van der Waals surface area (Å²) in [4.78, 5) is 8.49. The molecule has 0 atom stereocenters. The number of hydrogen-bond acceptors (Lipinski definition) is 3. The minimum absolute atomic E-state index is 0.0905. The van der Waals surface area contributed by atoms with Gasteiger partial charge in [-0.15, -0.1) is 0 Å². The largest absolute Gasteiger partial charge is 0.369 e. The van der Waals surface area contributed by atoms with Gasteiger partial charge in [-0.1, -0.05) is 6.92 Å². The quantitative estimate of drug-likeness (QED) is 0.826. The Balaban J connectivity index is 2.60. The van der Waals surface area contributed by atoms with Crippen LogP contribution < -0.4 is 5.32 Å². The molecular formula is C14H13BrF3N3. The average molecular weight is 360 g/mol. The second-order valence-corrected chi connectivity index (χ2v) is 5.09. The molecule has 0 aliphatic rings. The molecule has 2 rings (SSSR count). The van der Waals surface area contributed by atoms with Gasteiger partial charge in [0.25, 0.3) is 0 Å². The van der Waals surface area contributed by atoms with Crippen LogP contribution in [0.2, 0.25) is 0 Å². The SMILES string of the molecule is CCNc1nc(-c2cc(F)c(F)c(F)c2)nc(CC)c1Br. The maximum Gasteiger partial charge on any atom is 0.194 e. The molecule has 7 heteroatoms. The molecule has 1 aromatic carbocycles. The summed E-state index contributed by atoms with van der Waals surface area (Å²) in [5.41, 5.74) is 0.786. The maximum absolute atomic E-state index is 13.3. The van der Waals surface area contributed by atoms with E-state index in [1.165, 1.54) is 0 Å². The van der Waals surface area contributed by atoms with Gasteiger partial charge in [-0.3, -0.25) is 0 Å². The summed E-state index contributed by atoms with van der Waals surface area (Å²) in [5.74, 6) is -3.36. The van der Waals surface area contributed by atoms with E-state index in [0.29, 0.717) is 29.0 Å². The predicted octanol–water partition coefficient (Wildman–Crippen LogP) is 4.32. The van der Waals surface area contributed by atoms with Gasteiger partial charge in [-0.25, -0.2) is 23.1 Å². The summed E-state index contributed by atoms with van der Waals surface area (Å²) < 4.78 is 40.4. The third-order valence-corrected chi connectivity index (χ3v) is 3.67. The van der Waals surface area contributed by atoms with Gasteiger partial charge in [0, 0.05) is 12.1 Å². The summed E-state index contributed by atoms with van der Waals surface area (Å²) in [7, 11) is 0. The number of nitrogens with zero attached hydrogens (tertiary/aromatic N) is 2. The fraction of sp³-hybridized carbons (Fsp3) is 0.286. The molecular weight excluding hydrogens is 347 g/mol. The minimum Gasteiger partial charge on any atom is -0.369 e. The van der Waals surface area contributed by atoms with Crippen LogP contribution in [0.1, 0.15) is 19.5 Å². The Kier molecular flexibility index (Phi) is 4.82. The van der Waals surface area contributed by atoms with Crippen molar-refractivity contribution >= 4 is 21.7 Å². The molecule has 21 heavy (non-hydrogen) atoms. The van der Waals surface area contributed by atoms with Crippen molar-refractivity contribution in [3.05, 3.63) is 39.8 Å². The van der Waals surface area contributed by atoms with Crippen LogP contribution >= 0.6 is 15.9 Å². The van der Waals surface area contributed by atoms with E-state index in [4.69, 9.17) is 0 Å². The van der Waals surface area contributed by atoms with Crippen LogP contribution in [0.3, 0.4) is 0 Å². The summed E-state index contributed by atoms with van der Waals surface area (Å²) in [5, 5.41) is 3.04. The van der Waals surface area contributed by atoms with Crippen molar-refractivity contribution in [2.75, 3.05) is 11.9 Å². The van der Waals surface area contributed by atoms with Gasteiger partial charge in [-0.2, -0.15) is 0 Å². The highest BCUT2D eigenvalue weighted by Crippen LogP contribution is 2.28. The summed E-state index contributed by atoms with van der Waals surface area (Å²) in [6.07, 6.45) is 0.612. The minimum atomic E-state index is -1.50. The van der Waals surface area contributed by atoms with Crippen molar-refractivity contribution in [2.24, 2.45) is 0 Å². The van der Waals surface area contributed by atoms with Crippen molar-refractivity contribution in [3.63, 3.8) is 0 Å². The fourth-order valence-corrected chi connectivity index (χ4v) is 2.42. The molecule has 0 amide bonds. The Labute approximate surface area is 128 Å². The van der Waals surface area contributed by atoms with E-state index in [1.54, 1.807) is 0 Å². The number of aryl methyl sites for hydroxylation is 1. The lowest BCUT2D eigenvalue weighted by Gasteiger charge is -2.11.